The van der Waals surface area contributed by atoms with Gasteiger partial charge in [-0.05, 0) is 25.3 Å². The van der Waals surface area contributed by atoms with Crippen LogP contribution in [0.15, 0.2) is 18.5 Å². The lowest BCUT2D eigenvalue weighted by molar-refractivity contribution is 0.326. The quantitative estimate of drug-likeness (QED) is 0.875. The number of hydrogen-bond acceptors (Lipinski definition) is 3. The van der Waals surface area contributed by atoms with Crippen molar-refractivity contribution in [2.24, 2.45) is 0 Å². The van der Waals surface area contributed by atoms with E-state index < -0.39 is 0 Å². The van der Waals surface area contributed by atoms with Crippen molar-refractivity contribution in [2.45, 2.75) is 31.3 Å². The molecule has 0 radical (unpaired) electrons. The summed E-state index contributed by atoms with van der Waals surface area (Å²) >= 11 is 6.10. The van der Waals surface area contributed by atoms with E-state index in [1.807, 2.05) is 12.3 Å². The van der Waals surface area contributed by atoms with E-state index in [1.54, 1.807) is 6.20 Å². The molecule has 1 aliphatic carbocycles. The maximum Gasteiger partial charge on any atom is 0.0718 e. The highest BCUT2D eigenvalue weighted by Crippen LogP contribution is 2.31. The molecule has 16 heavy (non-hydrogen) atoms. The molecule has 1 saturated heterocycles. The molecule has 86 valence electrons. The molecule has 1 aliphatic heterocycles. The number of nitrogens with zero attached hydrogens (tertiary/aromatic N) is 2. The summed E-state index contributed by atoms with van der Waals surface area (Å²) in [4.78, 5) is 6.68. The van der Waals surface area contributed by atoms with Gasteiger partial charge < -0.3 is 5.32 Å². The summed E-state index contributed by atoms with van der Waals surface area (Å²) in [5.74, 6) is 0. The molecule has 1 unspecified atom stereocenters. The second-order valence-electron chi connectivity index (χ2n) is 4.71. The third-order valence-corrected chi connectivity index (χ3v) is 3.74. The first-order valence-electron chi connectivity index (χ1n) is 5.93. The van der Waals surface area contributed by atoms with Crippen LogP contribution in [0.3, 0.4) is 0 Å². The van der Waals surface area contributed by atoms with E-state index in [1.165, 1.54) is 25.8 Å². The van der Waals surface area contributed by atoms with Gasteiger partial charge in [0.1, 0.15) is 0 Å². The van der Waals surface area contributed by atoms with Gasteiger partial charge in [0.05, 0.1) is 16.9 Å². The zero-order valence-electron chi connectivity index (χ0n) is 9.19. The predicted molar refractivity (Wildman–Crippen MR) is 65.9 cm³/mol. The first kappa shape index (κ1) is 10.4. The molecule has 4 heteroatoms. The highest BCUT2D eigenvalue weighted by Gasteiger charge is 2.34. The zero-order chi connectivity index (χ0) is 11.0. The summed E-state index contributed by atoms with van der Waals surface area (Å²) in [5.41, 5.74) is 0.965. The van der Waals surface area contributed by atoms with E-state index in [9.17, 15) is 0 Å². The Hall–Kier alpha value is -0.800. The Morgan fingerprint density at radius 2 is 2.25 bits per heavy atom. The molecule has 2 fully saturated rings. The Kier molecular flexibility index (Phi) is 2.74. The summed E-state index contributed by atoms with van der Waals surface area (Å²) in [5, 5.41) is 4.25. The number of aromatic nitrogens is 1. The van der Waals surface area contributed by atoms with Crippen molar-refractivity contribution < 1.29 is 0 Å². The Labute approximate surface area is 101 Å². The van der Waals surface area contributed by atoms with Gasteiger partial charge in [0, 0.05) is 31.4 Å². The van der Waals surface area contributed by atoms with Crippen molar-refractivity contribution in [2.75, 3.05) is 18.4 Å². The van der Waals surface area contributed by atoms with Gasteiger partial charge in [-0.25, -0.2) is 0 Å². The van der Waals surface area contributed by atoms with E-state index in [4.69, 9.17) is 11.6 Å². The fourth-order valence-corrected chi connectivity index (χ4v) is 2.54. The highest BCUT2D eigenvalue weighted by atomic mass is 35.5. The van der Waals surface area contributed by atoms with Crippen LogP contribution in [0.1, 0.15) is 19.3 Å². The first-order valence-corrected chi connectivity index (χ1v) is 6.31. The molecule has 3 rings (SSSR count). The van der Waals surface area contributed by atoms with E-state index in [-0.39, 0.29) is 0 Å². The summed E-state index contributed by atoms with van der Waals surface area (Å²) in [6, 6.07) is 3.23. The molecule has 2 aliphatic rings. The Morgan fingerprint density at radius 3 is 3.00 bits per heavy atom. The summed E-state index contributed by atoms with van der Waals surface area (Å²) in [6.07, 6.45) is 7.52. The number of rotatable bonds is 3. The van der Waals surface area contributed by atoms with Gasteiger partial charge in [-0.1, -0.05) is 11.6 Å². The van der Waals surface area contributed by atoms with E-state index in [2.05, 4.69) is 15.2 Å². The average Bonchev–Trinajstić information content (AvgIpc) is 3.03. The topological polar surface area (TPSA) is 28.2 Å². The molecule has 0 aromatic carbocycles. The van der Waals surface area contributed by atoms with Gasteiger partial charge in [0.25, 0.3) is 0 Å². The van der Waals surface area contributed by atoms with Gasteiger partial charge in [0.15, 0.2) is 0 Å². The van der Waals surface area contributed by atoms with Crippen LogP contribution in [0, 0.1) is 0 Å². The minimum absolute atomic E-state index is 0.530. The molecule has 1 saturated carbocycles. The van der Waals surface area contributed by atoms with Crippen LogP contribution in [0.2, 0.25) is 5.02 Å². The van der Waals surface area contributed by atoms with E-state index >= 15 is 0 Å². The normalized spacial score (nSPS) is 25.9. The number of anilines is 1. The lowest BCUT2D eigenvalue weighted by Crippen LogP contribution is -2.27. The average molecular weight is 238 g/mol. The lowest BCUT2D eigenvalue weighted by Gasteiger charge is -2.17. The van der Waals surface area contributed by atoms with Crippen LogP contribution >= 0.6 is 11.6 Å². The van der Waals surface area contributed by atoms with Crippen molar-refractivity contribution in [3.63, 3.8) is 0 Å². The number of nitrogens with one attached hydrogen (secondary N) is 1. The fraction of sp³-hybridized carbons (Fsp3) is 0.583. The summed E-state index contributed by atoms with van der Waals surface area (Å²) in [7, 11) is 0. The van der Waals surface area contributed by atoms with E-state index in [0.717, 1.165) is 23.3 Å². The number of halogens is 1. The smallest absolute Gasteiger partial charge is 0.0718 e. The third kappa shape index (κ3) is 2.15. The van der Waals surface area contributed by atoms with Crippen LogP contribution in [-0.2, 0) is 0 Å². The summed E-state index contributed by atoms with van der Waals surface area (Å²) < 4.78 is 0. The monoisotopic (exact) mass is 237 g/mol. The van der Waals surface area contributed by atoms with Gasteiger partial charge in [-0.3, -0.25) is 9.88 Å². The zero-order valence-corrected chi connectivity index (χ0v) is 9.95. The van der Waals surface area contributed by atoms with Gasteiger partial charge >= 0.3 is 0 Å². The fourth-order valence-electron chi connectivity index (χ4n) is 2.38. The molecule has 0 bridgehead atoms. The standard InChI is InChI=1S/C12H16ClN3/c13-11-3-5-14-7-12(11)15-9-4-6-16(8-9)10-1-2-10/h3,5,7,9-10,15H,1-2,4,6,8H2. The molecule has 1 aromatic rings. The molecule has 1 aromatic heterocycles. The largest absolute Gasteiger partial charge is 0.379 e. The number of hydrogen-bond donors (Lipinski definition) is 1. The predicted octanol–water partition coefficient (Wildman–Crippen LogP) is 2.38. The number of pyridine rings is 1. The Morgan fingerprint density at radius 1 is 1.38 bits per heavy atom. The van der Waals surface area contributed by atoms with Crippen LogP contribution in [0.5, 0.6) is 0 Å². The minimum atomic E-state index is 0.530. The van der Waals surface area contributed by atoms with Crippen molar-refractivity contribution >= 4 is 17.3 Å². The van der Waals surface area contributed by atoms with Crippen LogP contribution in [0.4, 0.5) is 5.69 Å². The van der Waals surface area contributed by atoms with Crippen molar-refractivity contribution in [1.29, 1.82) is 0 Å². The molecule has 1 N–H and O–H groups in total. The SMILES string of the molecule is Clc1ccncc1NC1CCN(C2CC2)C1. The maximum atomic E-state index is 6.10. The van der Waals surface area contributed by atoms with Crippen molar-refractivity contribution in [3.8, 4) is 0 Å². The maximum absolute atomic E-state index is 6.10. The molecule has 1 atom stereocenters. The highest BCUT2D eigenvalue weighted by molar-refractivity contribution is 6.33. The second kappa shape index (κ2) is 4.22. The third-order valence-electron chi connectivity index (χ3n) is 3.41. The molecule has 2 heterocycles. The molecule has 0 amide bonds. The molecular weight excluding hydrogens is 222 g/mol. The van der Waals surface area contributed by atoms with Gasteiger partial charge in [-0.15, -0.1) is 0 Å². The number of likely N-dealkylation sites (tertiary alicyclic amines) is 1. The Bertz CT molecular complexity index is 378. The molecular formula is C12H16ClN3. The second-order valence-corrected chi connectivity index (χ2v) is 5.12. The van der Waals surface area contributed by atoms with Crippen molar-refractivity contribution in [3.05, 3.63) is 23.5 Å². The first-order chi connectivity index (χ1) is 7.83. The van der Waals surface area contributed by atoms with Gasteiger partial charge in [-0.2, -0.15) is 0 Å². The lowest BCUT2D eigenvalue weighted by atomic mass is 10.2. The molecule has 0 spiro atoms. The van der Waals surface area contributed by atoms with Crippen LogP contribution in [-0.4, -0.2) is 35.1 Å². The van der Waals surface area contributed by atoms with E-state index in [0.29, 0.717) is 6.04 Å². The van der Waals surface area contributed by atoms with Crippen LogP contribution in [0.25, 0.3) is 0 Å². The van der Waals surface area contributed by atoms with Crippen LogP contribution < -0.4 is 5.32 Å². The molecule has 3 nitrogen and oxygen atoms in total. The summed E-state index contributed by atoms with van der Waals surface area (Å²) in [6.45, 7) is 2.37. The van der Waals surface area contributed by atoms with Gasteiger partial charge in [0.2, 0.25) is 0 Å². The Balaban J connectivity index is 1.61. The van der Waals surface area contributed by atoms with Crippen molar-refractivity contribution in [1.82, 2.24) is 9.88 Å². The minimum Gasteiger partial charge on any atom is -0.379 e.